The van der Waals surface area contributed by atoms with E-state index < -0.39 is 10.1 Å². The molecule has 0 bridgehead atoms. The molecule has 1 aromatic carbocycles. The van der Waals surface area contributed by atoms with Crippen molar-refractivity contribution in [3.8, 4) is 0 Å². The van der Waals surface area contributed by atoms with Gasteiger partial charge in [-0.2, -0.15) is 4.99 Å². The van der Waals surface area contributed by atoms with E-state index in [0.717, 1.165) is 9.94 Å². The normalized spacial score (nSPS) is 14.7. The molecule has 1 aromatic rings. The van der Waals surface area contributed by atoms with Crippen LogP contribution >= 0.6 is 23.5 Å². The highest BCUT2D eigenvalue weighted by atomic mass is 32.2. The number of rotatable bonds is 1. The Labute approximate surface area is 120 Å². The zero-order chi connectivity index (χ0) is 14.5. The smallest absolute Gasteiger partial charge is 0.397 e. The first-order chi connectivity index (χ1) is 8.82. The lowest BCUT2D eigenvalue weighted by Gasteiger charge is -2.05. The van der Waals surface area contributed by atoms with Crippen LogP contribution in [0.4, 0.5) is 0 Å². The molecule has 2 rings (SSSR count). The minimum Gasteiger partial charge on any atom is -0.744 e. The highest BCUT2D eigenvalue weighted by molar-refractivity contribution is 8.38. The molecule has 5 nitrogen and oxygen atoms in total. The van der Waals surface area contributed by atoms with E-state index in [2.05, 4.69) is 4.99 Å². The SMILES string of the molecule is CSC1=[NH+]C(=O)CS1.Cc1ccc(S(=O)(=O)[O-])cc1. The Balaban J connectivity index is 0.000000200. The van der Waals surface area contributed by atoms with Crippen LogP contribution in [-0.2, 0) is 14.9 Å². The lowest BCUT2D eigenvalue weighted by Crippen LogP contribution is -2.73. The number of aryl methyl sites for hydroxylation is 1. The first-order valence-electron chi connectivity index (χ1n) is 5.19. The topological polar surface area (TPSA) is 88.2 Å². The van der Waals surface area contributed by atoms with Crippen molar-refractivity contribution in [3.05, 3.63) is 29.8 Å². The van der Waals surface area contributed by atoms with E-state index >= 15 is 0 Å². The quantitative estimate of drug-likeness (QED) is 0.731. The predicted molar refractivity (Wildman–Crippen MR) is 76.1 cm³/mol. The first-order valence-corrected chi connectivity index (χ1v) is 8.81. The standard InChI is InChI=1S/C7H8O3S.C4H5NOS2/c1-6-2-4-7(5-3-6)11(8,9)10;1-7-4-5-3(6)2-8-4/h2-5H,1H3,(H,8,9,10);2H2,1H3. The van der Waals surface area contributed by atoms with Crippen LogP contribution in [0.1, 0.15) is 5.56 Å². The van der Waals surface area contributed by atoms with E-state index in [1.165, 1.54) is 12.1 Å². The maximum atomic E-state index is 10.4. The Morgan fingerprint density at radius 1 is 1.32 bits per heavy atom. The molecule has 1 heterocycles. The summed E-state index contributed by atoms with van der Waals surface area (Å²) in [6.07, 6.45) is 1.95. The molecular formula is C11H13NO4S3. The Hall–Kier alpha value is -0.830. The van der Waals surface area contributed by atoms with Crippen LogP contribution in [0.5, 0.6) is 0 Å². The summed E-state index contributed by atoms with van der Waals surface area (Å²) in [5, 5.41) is 0. The summed E-state index contributed by atoms with van der Waals surface area (Å²) < 4.78 is 32.2. The Kier molecular flexibility index (Phi) is 6.05. The Bertz CT molecular complexity index is 578. The van der Waals surface area contributed by atoms with E-state index in [9.17, 15) is 17.8 Å². The Morgan fingerprint density at radius 2 is 1.89 bits per heavy atom. The van der Waals surface area contributed by atoms with Gasteiger partial charge >= 0.3 is 5.91 Å². The van der Waals surface area contributed by atoms with Crippen LogP contribution in [0.25, 0.3) is 0 Å². The van der Waals surface area contributed by atoms with Gasteiger partial charge in [0.05, 0.1) is 4.90 Å². The molecule has 0 saturated carbocycles. The van der Waals surface area contributed by atoms with Crippen molar-refractivity contribution >= 4 is 43.9 Å². The summed E-state index contributed by atoms with van der Waals surface area (Å²) >= 11 is 3.15. The summed E-state index contributed by atoms with van der Waals surface area (Å²) in [7, 11) is -4.27. The average molecular weight is 319 g/mol. The van der Waals surface area contributed by atoms with Gasteiger partial charge in [0, 0.05) is 0 Å². The fourth-order valence-electron chi connectivity index (χ4n) is 1.13. The molecule has 1 aliphatic heterocycles. The molecule has 1 aliphatic rings. The van der Waals surface area contributed by atoms with Gasteiger partial charge in [-0.25, -0.2) is 13.2 Å². The lowest BCUT2D eigenvalue weighted by atomic mass is 10.2. The molecular weight excluding hydrogens is 306 g/mol. The summed E-state index contributed by atoms with van der Waals surface area (Å²) in [5.41, 5.74) is 0.928. The molecule has 0 fully saturated rings. The van der Waals surface area contributed by atoms with Crippen LogP contribution < -0.4 is 4.99 Å². The minimum atomic E-state index is -4.27. The third kappa shape index (κ3) is 5.77. The van der Waals surface area contributed by atoms with Crippen molar-refractivity contribution in [3.63, 3.8) is 0 Å². The maximum Gasteiger partial charge on any atom is 0.397 e. The molecule has 1 N–H and O–H groups in total. The van der Waals surface area contributed by atoms with Crippen LogP contribution in [0.15, 0.2) is 29.2 Å². The second-order valence-electron chi connectivity index (χ2n) is 3.60. The van der Waals surface area contributed by atoms with Crippen LogP contribution in [-0.4, -0.2) is 35.3 Å². The fraction of sp³-hybridized carbons (Fsp3) is 0.273. The Morgan fingerprint density at radius 3 is 2.21 bits per heavy atom. The molecule has 0 saturated heterocycles. The van der Waals surface area contributed by atoms with Crippen LogP contribution in [0.2, 0.25) is 0 Å². The monoisotopic (exact) mass is 319 g/mol. The van der Waals surface area contributed by atoms with E-state index in [1.807, 2.05) is 13.2 Å². The van der Waals surface area contributed by atoms with Gasteiger partial charge in [-0.1, -0.05) is 29.5 Å². The number of thioether (sulfide) groups is 2. The highest BCUT2D eigenvalue weighted by Gasteiger charge is 2.21. The average Bonchev–Trinajstić information content (AvgIpc) is 2.75. The molecule has 1 amide bonds. The number of hydrogen-bond acceptors (Lipinski definition) is 6. The van der Waals surface area contributed by atoms with E-state index in [4.69, 9.17) is 0 Å². The van der Waals surface area contributed by atoms with Crippen LogP contribution in [0, 0.1) is 6.92 Å². The zero-order valence-corrected chi connectivity index (χ0v) is 12.8. The number of benzene rings is 1. The number of hydrogen-bond donors (Lipinski definition) is 1. The van der Waals surface area contributed by atoms with Crippen molar-refractivity contribution in [2.24, 2.45) is 0 Å². The predicted octanol–water partition coefficient (Wildman–Crippen LogP) is -0.0415. The number of nitrogens with one attached hydrogen (secondary N) is 1. The lowest BCUT2D eigenvalue weighted by molar-refractivity contribution is -0.366. The molecule has 104 valence electrons. The van der Waals surface area contributed by atoms with Gasteiger partial charge in [0.25, 0.3) is 4.38 Å². The van der Waals surface area contributed by atoms with Crippen molar-refractivity contribution in [2.75, 3.05) is 12.0 Å². The second kappa shape index (κ2) is 7.09. The van der Waals surface area contributed by atoms with Gasteiger partial charge in [-0.05, 0) is 37.1 Å². The largest absolute Gasteiger partial charge is 0.744 e. The summed E-state index contributed by atoms with van der Waals surface area (Å²) in [5.74, 6) is 0.718. The van der Waals surface area contributed by atoms with Crippen molar-refractivity contribution in [1.29, 1.82) is 0 Å². The van der Waals surface area contributed by atoms with Gasteiger partial charge in [-0.3, -0.25) is 0 Å². The fourth-order valence-corrected chi connectivity index (χ4v) is 2.99. The van der Waals surface area contributed by atoms with Crippen LogP contribution in [0.3, 0.4) is 0 Å². The molecule has 19 heavy (non-hydrogen) atoms. The molecule has 0 aromatic heterocycles. The molecule has 8 heteroatoms. The van der Waals surface area contributed by atoms with E-state index in [-0.39, 0.29) is 10.8 Å². The third-order valence-electron chi connectivity index (χ3n) is 2.07. The first kappa shape index (κ1) is 16.2. The van der Waals surface area contributed by atoms with Crippen molar-refractivity contribution in [2.45, 2.75) is 11.8 Å². The van der Waals surface area contributed by atoms with E-state index in [1.54, 1.807) is 35.7 Å². The van der Waals surface area contributed by atoms with Gasteiger partial charge in [0.15, 0.2) is 0 Å². The third-order valence-corrected chi connectivity index (χ3v) is 5.02. The zero-order valence-electron chi connectivity index (χ0n) is 10.4. The van der Waals surface area contributed by atoms with Gasteiger partial charge in [0.1, 0.15) is 15.9 Å². The van der Waals surface area contributed by atoms with E-state index in [0.29, 0.717) is 5.75 Å². The highest BCUT2D eigenvalue weighted by Crippen LogP contribution is 2.10. The van der Waals surface area contributed by atoms with Gasteiger partial charge in [0.2, 0.25) is 0 Å². The molecule has 0 atom stereocenters. The molecule has 0 unspecified atom stereocenters. The summed E-state index contributed by atoms with van der Waals surface area (Å²) in [6, 6.07) is 5.78. The van der Waals surface area contributed by atoms with Crippen molar-refractivity contribution in [1.82, 2.24) is 0 Å². The minimum absolute atomic E-state index is 0.124. The molecule has 0 aliphatic carbocycles. The number of amides is 1. The second-order valence-corrected chi connectivity index (χ2v) is 7.04. The molecule has 0 spiro atoms. The summed E-state index contributed by atoms with van der Waals surface area (Å²) in [4.78, 5) is 13.0. The van der Waals surface area contributed by atoms with Crippen molar-refractivity contribution < 1.29 is 22.8 Å². The molecule has 0 radical (unpaired) electrons. The summed E-state index contributed by atoms with van der Waals surface area (Å²) in [6.45, 7) is 1.82. The number of carbonyl (C=O) groups excluding carboxylic acids is 1. The van der Waals surface area contributed by atoms with Gasteiger partial charge in [-0.15, -0.1) is 0 Å². The maximum absolute atomic E-state index is 10.4. The van der Waals surface area contributed by atoms with Gasteiger partial charge < -0.3 is 4.55 Å². The number of carbonyl (C=O) groups is 1.